The molecule has 2 aliphatic heterocycles. The highest BCUT2D eigenvalue weighted by Crippen LogP contribution is 2.48. The number of pyridine rings is 1. The second-order valence-electron chi connectivity index (χ2n) is 9.06. The van der Waals surface area contributed by atoms with Crippen molar-refractivity contribution < 1.29 is 22.7 Å². The molecule has 1 spiro atoms. The van der Waals surface area contributed by atoms with Crippen molar-refractivity contribution in [3.63, 3.8) is 0 Å². The van der Waals surface area contributed by atoms with E-state index >= 15 is 0 Å². The number of anilines is 2. The maximum Gasteiger partial charge on any atom is 0.419 e. The molecule has 35 heavy (non-hydrogen) atoms. The molecule has 182 valence electrons. The van der Waals surface area contributed by atoms with Gasteiger partial charge in [0.05, 0.1) is 30.2 Å². The number of amides is 1. The minimum atomic E-state index is -4.79. The molecule has 1 aromatic heterocycles. The van der Waals surface area contributed by atoms with E-state index in [0.717, 1.165) is 42.2 Å². The number of rotatable bonds is 3. The van der Waals surface area contributed by atoms with Crippen LogP contribution in [0.5, 0.6) is 0 Å². The summed E-state index contributed by atoms with van der Waals surface area (Å²) in [4.78, 5) is 22.3. The van der Waals surface area contributed by atoms with Gasteiger partial charge < -0.3 is 14.5 Å². The first kappa shape index (κ1) is 23.7. The number of likely N-dealkylation sites (N-methyl/N-ethyl adjacent to an activating group) is 1. The predicted molar refractivity (Wildman–Crippen MR) is 126 cm³/mol. The molecule has 0 bridgehead atoms. The van der Waals surface area contributed by atoms with Gasteiger partial charge in [0, 0.05) is 18.8 Å². The molecule has 1 aromatic carbocycles. The number of carbonyl (C=O) groups excluding carboxylic acids is 1. The minimum absolute atomic E-state index is 0.0605. The van der Waals surface area contributed by atoms with E-state index in [2.05, 4.69) is 9.88 Å². The third-order valence-electron chi connectivity index (χ3n) is 6.93. The topological polar surface area (TPSA) is 72.7 Å². The van der Waals surface area contributed by atoms with Crippen LogP contribution < -0.4 is 9.80 Å². The predicted octanol–water partition coefficient (Wildman–Crippen LogP) is 4.04. The summed E-state index contributed by atoms with van der Waals surface area (Å²) >= 11 is 5.65. The summed E-state index contributed by atoms with van der Waals surface area (Å²) in [7, 11) is 2.04. The van der Waals surface area contributed by atoms with Gasteiger partial charge in [-0.1, -0.05) is 12.1 Å². The van der Waals surface area contributed by atoms with Gasteiger partial charge in [-0.25, -0.2) is 4.98 Å². The zero-order chi connectivity index (χ0) is 25.0. The van der Waals surface area contributed by atoms with Gasteiger partial charge in [-0.15, -0.1) is 0 Å². The molecule has 11 heteroatoms. The van der Waals surface area contributed by atoms with Crippen LogP contribution in [0.3, 0.4) is 0 Å². The highest BCUT2D eigenvalue weighted by Gasteiger charge is 2.59. The molecule has 1 saturated carbocycles. The Kier molecular flexibility index (Phi) is 5.78. The SMILES string of the molecule is CN1CCOC(c2ccc(N3C(=S)N(c4cnc(C#N)c(C(F)(F)F)c4)C(=O)C34CCC4)cc2)C1. The Labute approximate surface area is 205 Å². The molecule has 3 fully saturated rings. The number of hydrogen-bond acceptors (Lipinski definition) is 6. The fourth-order valence-corrected chi connectivity index (χ4v) is 5.38. The Balaban J connectivity index is 1.49. The number of thiocarbonyl (C=S) groups is 1. The van der Waals surface area contributed by atoms with E-state index in [0.29, 0.717) is 25.1 Å². The smallest absolute Gasteiger partial charge is 0.371 e. The van der Waals surface area contributed by atoms with E-state index in [1.807, 2.05) is 31.3 Å². The molecule has 2 aromatic rings. The normalized spacial score (nSPS) is 22.4. The summed E-state index contributed by atoms with van der Waals surface area (Å²) in [5.41, 5.74) is -1.29. The van der Waals surface area contributed by atoms with Crippen LogP contribution in [0.25, 0.3) is 0 Å². The molecule has 3 aliphatic rings. The maximum atomic E-state index is 13.6. The summed E-state index contributed by atoms with van der Waals surface area (Å²) in [6.07, 6.45) is -1.88. The van der Waals surface area contributed by atoms with Gasteiger partial charge in [-0.05, 0) is 62.3 Å². The number of nitriles is 1. The van der Waals surface area contributed by atoms with Crippen LogP contribution in [0.2, 0.25) is 0 Å². The monoisotopic (exact) mass is 501 g/mol. The molecule has 2 saturated heterocycles. The van der Waals surface area contributed by atoms with Crippen LogP contribution >= 0.6 is 12.2 Å². The van der Waals surface area contributed by atoms with Gasteiger partial charge in [-0.3, -0.25) is 9.69 Å². The van der Waals surface area contributed by atoms with Gasteiger partial charge >= 0.3 is 6.18 Å². The Bertz CT molecular complexity index is 1220. The first-order valence-electron chi connectivity index (χ1n) is 11.2. The first-order valence-corrected chi connectivity index (χ1v) is 11.6. The lowest BCUT2D eigenvalue weighted by molar-refractivity contribution is -0.138. The van der Waals surface area contributed by atoms with Crippen molar-refractivity contribution in [3.8, 4) is 6.07 Å². The van der Waals surface area contributed by atoms with E-state index in [1.54, 1.807) is 4.90 Å². The summed E-state index contributed by atoms with van der Waals surface area (Å²) in [5, 5.41) is 9.15. The first-order chi connectivity index (χ1) is 16.7. The van der Waals surface area contributed by atoms with Crippen LogP contribution in [0.1, 0.15) is 42.2 Å². The van der Waals surface area contributed by atoms with E-state index < -0.39 is 23.0 Å². The van der Waals surface area contributed by atoms with E-state index in [4.69, 9.17) is 22.2 Å². The standard InChI is InChI=1S/C24H22F3N5O2S/c1-30-9-10-34-20(14-30)15-3-5-16(6-4-15)32-22(35)31(21(33)23(32)7-2-8-23)17-11-18(24(25,26)27)19(12-28)29-13-17/h3-6,11,13,20H,2,7-10,14H2,1H3. The number of alkyl halides is 3. The molecule has 1 aliphatic carbocycles. The van der Waals surface area contributed by atoms with E-state index in [9.17, 15) is 18.0 Å². The van der Waals surface area contributed by atoms with Crippen LogP contribution in [-0.2, 0) is 15.7 Å². The highest BCUT2D eigenvalue weighted by atomic mass is 32.1. The minimum Gasteiger partial charge on any atom is -0.371 e. The second-order valence-corrected chi connectivity index (χ2v) is 9.42. The average molecular weight is 502 g/mol. The second kappa shape index (κ2) is 8.55. The zero-order valence-electron chi connectivity index (χ0n) is 18.9. The number of aromatic nitrogens is 1. The summed E-state index contributed by atoms with van der Waals surface area (Å²) in [6, 6.07) is 9.84. The largest absolute Gasteiger partial charge is 0.419 e. The Morgan fingerprint density at radius 3 is 2.51 bits per heavy atom. The van der Waals surface area contributed by atoms with Gasteiger partial charge in [0.1, 0.15) is 11.6 Å². The van der Waals surface area contributed by atoms with E-state index in [-0.39, 0.29) is 22.8 Å². The molecule has 1 amide bonds. The fourth-order valence-electron chi connectivity index (χ4n) is 4.91. The molecular formula is C24H22F3N5O2S. The average Bonchev–Trinajstić information content (AvgIpc) is 3.05. The van der Waals surface area contributed by atoms with Crippen LogP contribution in [0.15, 0.2) is 36.5 Å². The number of morpholine rings is 1. The lowest BCUT2D eigenvalue weighted by atomic mass is 9.75. The molecule has 5 rings (SSSR count). The molecule has 3 heterocycles. The summed E-state index contributed by atoms with van der Waals surface area (Å²) in [5.74, 6) is -0.380. The lowest BCUT2D eigenvalue weighted by Crippen LogP contribution is -2.55. The van der Waals surface area contributed by atoms with Crippen LogP contribution in [0, 0.1) is 11.3 Å². The molecule has 7 nitrogen and oxygen atoms in total. The summed E-state index contributed by atoms with van der Waals surface area (Å²) < 4.78 is 46.5. The number of nitrogens with zero attached hydrogens (tertiary/aromatic N) is 5. The van der Waals surface area contributed by atoms with Crippen molar-refractivity contribution in [1.82, 2.24) is 9.88 Å². The van der Waals surface area contributed by atoms with Gasteiger partial charge in [0.2, 0.25) is 0 Å². The molecular weight excluding hydrogens is 479 g/mol. The molecule has 1 unspecified atom stereocenters. The fraction of sp³-hybridized carbons (Fsp3) is 0.417. The Morgan fingerprint density at radius 2 is 1.94 bits per heavy atom. The van der Waals surface area contributed by atoms with Crippen molar-refractivity contribution in [2.24, 2.45) is 0 Å². The van der Waals surface area contributed by atoms with Gasteiger partial charge in [0.25, 0.3) is 5.91 Å². The van der Waals surface area contributed by atoms with Crippen molar-refractivity contribution in [2.75, 3.05) is 36.5 Å². The lowest BCUT2D eigenvalue weighted by Gasteiger charge is -2.43. The maximum absolute atomic E-state index is 13.6. The highest BCUT2D eigenvalue weighted by molar-refractivity contribution is 7.81. The quantitative estimate of drug-likeness (QED) is 0.588. The van der Waals surface area contributed by atoms with Crippen molar-refractivity contribution in [1.29, 1.82) is 5.26 Å². The number of ether oxygens (including phenoxy) is 1. The van der Waals surface area contributed by atoms with Gasteiger partial charge in [0.15, 0.2) is 10.8 Å². The number of halogens is 3. The van der Waals surface area contributed by atoms with Crippen LogP contribution in [0.4, 0.5) is 24.5 Å². The number of carbonyl (C=O) groups is 1. The molecule has 0 radical (unpaired) electrons. The van der Waals surface area contributed by atoms with Crippen molar-refractivity contribution in [2.45, 2.75) is 37.1 Å². The number of benzene rings is 1. The zero-order valence-corrected chi connectivity index (χ0v) is 19.7. The molecule has 1 atom stereocenters. The third-order valence-corrected chi connectivity index (χ3v) is 7.29. The van der Waals surface area contributed by atoms with Crippen molar-refractivity contribution >= 4 is 34.6 Å². The molecule has 0 N–H and O–H groups in total. The Morgan fingerprint density at radius 1 is 1.23 bits per heavy atom. The van der Waals surface area contributed by atoms with Crippen molar-refractivity contribution in [3.05, 3.63) is 53.3 Å². The summed E-state index contributed by atoms with van der Waals surface area (Å²) in [6.45, 7) is 2.28. The number of hydrogen-bond donors (Lipinski definition) is 0. The Hall–Kier alpha value is -3.07. The van der Waals surface area contributed by atoms with E-state index in [1.165, 1.54) is 6.07 Å². The van der Waals surface area contributed by atoms with Crippen LogP contribution in [-0.4, -0.2) is 53.2 Å². The third kappa shape index (κ3) is 3.86. The van der Waals surface area contributed by atoms with Gasteiger partial charge in [-0.2, -0.15) is 18.4 Å².